The fourth-order valence-electron chi connectivity index (χ4n) is 2.81. The van der Waals surface area contributed by atoms with E-state index < -0.39 is 6.09 Å². The minimum absolute atomic E-state index is 0.114. The van der Waals surface area contributed by atoms with Gasteiger partial charge in [0.2, 0.25) is 5.91 Å². The Labute approximate surface area is 105 Å². The van der Waals surface area contributed by atoms with Crippen LogP contribution in [-0.2, 0) is 16.1 Å². The van der Waals surface area contributed by atoms with Gasteiger partial charge in [0.1, 0.15) is 6.61 Å². The van der Waals surface area contributed by atoms with E-state index in [4.69, 9.17) is 4.74 Å². The fourth-order valence-corrected chi connectivity index (χ4v) is 2.81. The maximum absolute atomic E-state index is 12.1. The topological polar surface area (TPSA) is 51.5 Å². The maximum Gasteiger partial charge on any atom is 0.416 e. The van der Waals surface area contributed by atoms with Crippen LogP contribution in [0.4, 0.5) is 4.79 Å². The fraction of sp³-hybridized carbons (Fsp3) is 0.538. The first kappa shape index (κ1) is 11.3. The normalized spacial score (nSPS) is 22.8. The Bertz CT molecular complexity index is 480. The molecule has 1 fully saturated rings. The molecule has 0 radical (unpaired) electrons. The number of hydrogen-bond acceptors (Lipinski definition) is 3. The lowest BCUT2D eigenvalue weighted by molar-refractivity contribution is -0.128. The number of fused-ring (bicyclic) bond motifs is 1. The highest BCUT2D eigenvalue weighted by atomic mass is 16.6. The van der Waals surface area contributed by atoms with Gasteiger partial charge in [0.15, 0.2) is 0 Å². The molecule has 2 aliphatic heterocycles. The second-order valence-electron chi connectivity index (χ2n) is 4.83. The Balaban J connectivity index is 1.71. The van der Waals surface area contributed by atoms with Gasteiger partial charge in [0, 0.05) is 30.8 Å². The molecule has 1 saturated heterocycles. The van der Waals surface area contributed by atoms with Crippen LogP contribution in [0.1, 0.15) is 30.9 Å². The average molecular weight is 248 g/mol. The zero-order chi connectivity index (χ0) is 12.5. The quantitative estimate of drug-likeness (QED) is 0.801. The van der Waals surface area contributed by atoms with E-state index in [0.29, 0.717) is 19.6 Å². The summed E-state index contributed by atoms with van der Waals surface area (Å²) in [6, 6.07) is 4.08. The van der Waals surface area contributed by atoms with Crippen LogP contribution in [0.25, 0.3) is 0 Å². The summed E-state index contributed by atoms with van der Waals surface area (Å²) in [4.78, 5) is 24.6. The van der Waals surface area contributed by atoms with Gasteiger partial charge in [-0.25, -0.2) is 9.69 Å². The summed E-state index contributed by atoms with van der Waals surface area (Å²) in [7, 11) is 0. The Morgan fingerprint density at radius 3 is 3.11 bits per heavy atom. The van der Waals surface area contributed by atoms with Crippen molar-refractivity contribution in [2.45, 2.75) is 31.7 Å². The van der Waals surface area contributed by atoms with Gasteiger partial charge < -0.3 is 9.30 Å². The number of carbonyl (C=O) groups is 2. The van der Waals surface area contributed by atoms with Gasteiger partial charge in [-0.3, -0.25) is 4.79 Å². The monoisotopic (exact) mass is 248 g/mol. The Morgan fingerprint density at radius 1 is 1.44 bits per heavy atom. The summed E-state index contributed by atoms with van der Waals surface area (Å²) in [6.45, 7) is 1.75. The minimum Gasteiger partial charge on any atom is -0.447 e. The first-order chi connectivity index (χ1) is 8.75. The predicted molar refractivity (Wildman–Crippen MR) is 64.1 cm³/mol. The molecule has 5 heteroatoms. The molecule has 0 N–H and O–H groups in total. The second kappa shape index (κ2) is 4.48. The molecule has 5 nitrogen and oxygen atoms in total. The zero-order valence-electron chi connectivity index (χ0n) is 10.2. The molecule has 0 spiro atoms. The minimum atomic E-state index is -0.494. The van der Waals surface area contributed by atoms with Gasteiger partial charge in [-0.2, -0.15) is 0 Å². The molecule has 2 amide bonds. The first-order valence-corrected chi connectivity index (χ1v) is 6.38. The van der Waals surface area contributed by atoms with Crippen LogP contribution in [0.15, 0.2) is 18.3 Å². The lowest BCUT2D eigenvalue weighted by Gasteiger charge is -2.25. The number of rotatable bonds is 2. The Kier molecular flexibility index (Phi) is 2.81. The van der Waals surface area contributed by atoms with Crippen LogP contribution in [-0.4, -0.2) is 34.6 Å². The van der Waals surface area contributed by atoms with Crippen molar-refractivity contribution in [3.05, 3.63) is 24.0 Å². The predicted octanol–water partition coefficient (Wildman–Crippen LogP) is 1.73. The van der Waals surface area contributed by atoms with E-state index in [0.717, 1.165) is 19.4 Å². The van der Waals surface area contributed by atoms with Gasteiger partial charge in [0.05, 0.1) is 6.54 Å². The summed E-state index contributed by atoms with van der Waals surface area (Å²) in [5.74, 6) is 0.117. The van der Waals surface area contributed by atoms with E-state index in [1.807, 2.05) is 6.07 Å². The van der Waals surface area contributed by atoms with Gasteiger partial charge in [-0.15, -0.1) is 0 Å². The number of aromatic nitrogens is 1. The smallest absolute Gasteiger partial charge is 0.416 e. The van der Waals surface area contributed by atoms with Crippen molar-refractivity contribution in [2.24, 2.45) is 0 Å². The molecule has 0 aromatic carbocycles. The SMILES string of the molecule is O=C(C[C@@H]1CCCn2cccc21)N1CCOC1=O. The number of cyclic esters (lactones) is 1. The van der Waals surface area contributed by atoms with E-state index in [2.05, 4.69) is 16.8 Å². The number of aryl methyl sites for hydroxylation is 1. The van der Waals surface area contributed by atoms with E-state index in [9.17, 15) is 9.59 Å². The Morgan fingerprint density at radius 2 is 2.33 bits per heavy atom. The van der Waals surface area contributed by atoms with E-state index in [1.165, 1.54) is 10.6 Å². The molecule has 3 heterocycles. The molecule has 2 aliphatic rings. The van der Waals surface area contributed by atoms with Crippen LogP contribution in [0.5, 0.6) is 0 Å². The number of hydrogen-bond donors (Lipinski definition) is 0. The highest BCUT2D eigenvalue weighted by Crippen LogP contribution is 2.31. The number of imide groups is 1. The molecular weight excluding hydrogens is 232 g/mol. The molecule has 0 unspecified atom stereocenters. The van der Waals surface area contributed by atoms with Crippen LogP contribution < -0.4 is 0 Å². The largest absolute Gasteiger partial charge is 0.447 e. The third kappa shape index (κ3) is 1.89. The molecule has 18 heavy (non-hydrogen) atoms. The second-order valence-corrected chi connectivity index (χ2v) is 4.83. The maximum atomic E-state index is 12.1. The van der Waals surface area contributed by atoms with Crippen LogP contribution in [0, 0.1) is 0 Å². The van der Waals surface area contributed by atoms with Gasteiger partial charge >= 0.3 is 6.09 Å². The summed E-state index contributed by atoms with van der Waals surface area (Å²) >= 11 is 0. The van der Waals surface area contributed by atoms with Crippen molar-refractivity contribution in [1.29, 1.82) is 0 Å². The third-order valence-electron chi connectivity index (χ3n) is 3.72. The van der Waals surface area contributed by atoms with Crippen LogP contribution in [0.2, 0.25) is 0 Å². The van der Waals surface area contributed by atoms with Crippen LogP contribution in [0.3, 0.4) is 0 Å². The van der Waals surface area contributed by atoms with Crippen molar-refractivity contribution in [3.8, 4) is 0 Å². The lowest BCUT2D eigenvalue weighted by atomic mass is 9.92. The van der Waals surface area contributed by atoms with Crippen LogP contribution >= 0.6 is 0 Å². The summed E-state index contributed by atoms with van der Waals surface area (Å²) in [5.41, 5.74) is 1.21. The molecule has 1 aromatic rings. The van der Waals surface area contributed by atoms with Gasteiger partial charge in [-0.1, -0.05) is 0 Å². The van der Waals surface area contributed by atoms with Crippen molar-refractivity contribution < 1.29 is 14.3 Å². The number of nitrogens with zero attached hydrogens (tertiary/aromatic N) is 2. The van der Waals surface area contributed by atoms with E-state index in [1.54, 1.807) is 0 Å². The standard InChI is InChI=1S/C13H16N2O3/c16-12(15-7-8-18-13(15)17)9-10-3-1-5-14-6-2-4-11(10)14/h2,4,6,10H,1,3,5,7-9H2/t10-/m0/s1. The Hall–Kier alpha value is -1.78. The summed E-state index contributed by atoms with van der Waals surface area (Å²) in [5, 5.41) is 0. The zero-order valence-corrected chi connectivity index (χ0v) is 10.2. The number of amides is 2. The third-order valence-corrected chi connectivity index (χ3v) is 3.72. The summed E-state index contributed by atoms with van der Waals surface area (Å²) < 4.78 is 6.99. The highest BCUT2D eigenvalue weighted by Gasteiger charge is 2.31. The van der Waals surface area contributed by atoms with Crippen molar-refractivity contribution in [3.63, 3.8) is 0 Å². The molecule has 0 saturated carbocycles. The number of ether oxygens (including phenoxy) is 1. The molecule has 0 aliphatic carbocycles. The molecule has 1 aromatic heterocycles. The average Bonchev–Trinajstić information content (AvgIpc) is 2.97. The molecule has 1 atom stereocenters. The first-order valence-electron chi connectivity index (χ1n) is 6.38. The molecule has 3 rings (SSSR count). The molecule has 96 valence electrons. The van der Waals surface area contributed by atoms with Crippen molar-refractivity contribution >= 4 is 12.0 Å². The molecule has 0 bridgehead atoms. The van der Waals surface area contributed by atoms with E-state index in [-0.39, 0.29) is 11.8 Å². The van der Waals surface area contributed by atoms with Gasteiger partial charge in [0.25, 0.3) is 0 Å². The number of carbonyl (C=O) groups excluding carboxylic acids is 2. The molecular formula is C13H16N2O3. The van der Waals surface area contributed by atoms with Gasteiger partial charge in [-0.05, 0) is 25.0 Å². The van der Waals surface area contributed by atoms with Crippen molar-refractivity contribution in [2.75, 3.05) is 13.2 Å². The van der Waals surface area contributed by atoms with E-state index >= 15 is 0 Å². The highest BCUT2D eigenvalue weighted by molar-refractivity contribution is 5.93. The van der Waals surface area contributed by atoms with Crippen molar-refractivity contribution in [1.82, 2.24) is 9.47 Å². The lowest BCUT2D eigenvalue weighted by Crippen LogP contribution is -2.33. The summed E-state index contributed by atoms with van der Waals surface area (Å²) in [6.07, 6.45) is 4.06.